The van der Waals surface area contributed by atoms with Crippen LogP contribution in [-0.2, 0) is 16.1 Å². The van der Waals surface area contributed by atoms with Gasteiger partial charge in [-0.15, -0.1) is 0 Å². The summed E-state index contributed by atoms with van der Waals surface area (Å²) in [5, 5.41) is 2.76. The lowest BCUT2D eigenvalue weighted by Crippen LogP contribution is -2.34. The third kappa shape index (κ3) is 5.00. The second-order valence-corrected chi connectivity index (χ2v) is 9.91. The van der Waals surface area contributed by atoms with E-state index in [1.165, 1.54) is 11.8 Å². The Hall–Kier alpha value is -2.23. The summed E-state index contributed by atoms with van der Waals surface area (Å²) in [6.45, 7) is 4.32. The van der Waals surface area contributed by atoms with E-state index >= 15 is 0 Å². The van der Waals surface area contributed by atoms with Crippen molar-refractivity contribution < 1.29 is 19.0 Å². The van der Waals surface area contributed by atoms with E-state index in [-0.39, 0.29) is 12.6 Å². The molecular weight excluding hydrogens is 572 g/mol. The van der Waals surface area contributed by atoms with E-state index in [0.29, 0.717) is 29.4 Å². The summed E-state index contributed by atoms with van der Waals surface area (Å²) in [6, 6.07) is 11.3. The molecule has 0 saturated heterocycles. The first-order chi connectivity index (χ1) is 15.9. The Balaban J connectivity index is 1.71. The predicted octanol–water partition coefficient (Wildman–Crippen LogP) is 6.57. The number of esters is 1. The number of hydrogen-bond acceptors (Lipinski definition) is 7. The van der Waals surface area contributed by atoms with Crippen molar-refractivity contribution in [2.24, 2.45) is 4.99 Å². The number of nitrogens with zero attached hydrogens (tertiary/aromatic N) is 2. The smallest absolute Gasteiger partial charge is 0.338 e. The second-order valence-electron chi connectivity index (χ2n) is 7.27. The molecule has 2 aliphatic rings. The molecule has 9 heteroatoms. The number of carbonyl (C=O) groups excluding carboxylic acids is 1. The molecule has 0 unspecified atom stereocenters. The number of aliphatic imine (C=N–C) groups is 1. The highest BCUT2D eigenvalue weighted by atomic mass is 79.9. The molecule has 2 aliphatic heterocycles. The fourth-order valence-corrected chi connectivity index (χ4v) is 5.25. The van der Waals surface area contributed by atoms with Crippen LogP contribution in [0.5, 0.6) is 11.5 Å². The molecular formula is C24H22Br2N2O4S. The molecule has 0 fully saturated rings. The summed E-state index contributed by atoms with van der Waals surface area (Å²) in [5.74, 6) is 0.797. The molecule has 0 bridgehead atoms. The Bertz CT molecular complexity index is 1160. The van der Waals surface area contributed by atoms with Crippen molar-refractivity contribution in [1.82, 2.24) is 4.90 Å². The number of allylic oxidation sites excluding steroid dienone is 1. The lowest BCUT2D eigenvalue weighted by molar-refractivity contribution is -0.139. The van der Waals surface area contributed by atoms with Gasteiger partial charge in [0.15, 0.2) is 16.7 Å². The first-order valence-electron chi connectivity index (χ1n) is 10.3. The molecule has 0 aromatic heterocycles. The van der Waals surface area contributed by atoms with Gasteiger partial charge in [0.2, 0.25) is 0 Å². The van der Waals surface area contributed by atoms with Crippen LogP contribution in [0, 0.1) is 0 Å². The SMILES string of the molecule is CCOC(=O)C1=C(C)N=C2SC=CN2[C@@H]1c1cc(OC)c(OCc2ccc(Br)cc2)cc1Br. The van der Waals surface area contributed by atoms with Gasteiger partial charge in [0.25, 0.3) is 0 Å². The molecule has 0 aliphatic carbocycles. The maximum Gasteiger partial charge on any atom is 0.338 e. The number of benzene rings is 2. The number of methoxy groups -OCH3 is 1. The van der Waals surface area contributed by atoms with Crippen molar-refractivity contribution in [3.05, 3.63) is 79.3 Å². The summed E-state index contributed by atoms with van der Waals surface area (Å²) in [4.78, 5) is 19.5. The molecule has 0 saturated carbocycles. The van der Waals surface area contributed by atoms with Crippen LogP contribution in [0.15, 0.2) is 73.2 Å². The number of halogens is 2. The van der Waals surface area contributed by atoms with Crippen molar-refractivity contribution in [3.63, 3.8) is 0 Å². The van der Waals surface area contributed by atoms with Gasteiger partial charge in [0.05, 0.1) is 31.0 Å². The number of hydrogen-bond donors (Lipinski definition) is 0. The molecule has 2 aromatic carbocycles. The maximum atomic E-state index is 12.9. The molecule has 2 aromatic rings. The largest absolute Gasteiger partial charge is 0.493 e. The summed E-state index contributed by atoms with van der Waals surface area (Å²) in [7, 11) is 1.60. The lowest BCUT2D eigenvalue weighted by Gasteiger charge is -2.34. The van der Waals surface area contributed by atoms with Crippen molar-refractivity contribution in [2.75, 3.05) is 13.7 Å². The molecule has 1 atom stereocenters. The fourth-order valence-electron chi connectivity index (χ4n) is 3.65. The van der Waals surface area contributed by atoms with E-state index in [4.69, 9.17) is 14.2 Å². The average Bonchev–Trinajstić information content (AvgIpc) is 3.26. The number of fused-ring (bicyclic) bond motifs is 1. The fraction of sp³-hybridized carbons (Fsp3) is 0.250. The molecule has 4 rings (SSSR count). The van der Waals surface area contributed by atoms with Crippen LogP contribution in [0.25, 0.3) is 0 Å². The van der Waals surface area contributed by atoms with Crippen molar-refractivity contribution in [1.29, 1.82) is 0 Å². The number of thioether (sulfide) groups is 1. The van der Waals surface area contributed by atoms with Gasteiger partial charge in [-0.25, -0.2) is 9.79 Å². The Kier molecular flexibility index (Phi) is 7.51. The zero-order valence-electron chi connectivity index (χ0n) is 18.3. The third-order valence-corrected chi connectivity index (χ3v) is 7.19. The van der Waals surface area contributed by atoms with Crippen molar-refractivity contribution >= 4 is 54.8 Å². The van der Waals surface area contributed by atoms with Gasteiger partial charge in [0, 0.05) is 15.1 Å². The highest BCUT2D eigenvalue weighted by Crippen LogP contribution is 2.46. The molecule has 0 amide bonds. The van der Waals surface area contributed by atoms with Crippen LogP contribution < -0.4 is 9.47 Å². The molecule has 0 radical (unpaired) electrons. The van der Waals surface area contributed by atoms with Gasteiger partial charge < -0.3 is 19.1 Å². The number of amidine groups is 1. The quantitative estimate of drug-likeness (QED) is 0.339. The van der Waals surface area contributed by atoms with Crippen LogP contribution in [-0.4, -0.2) is 29.8 Å². The van der Waals surface area contributed by atoms with E-state index in [2.05, 4.69) is 36.9 Å². The highest BCUT2D eigenvalue weighted by Gasteiger charge is 2.38. The lowest BCUT2D eigenvalue weighted by atomic mass is 9.94. The number of carbonyl (C=O) groups is 1. The molecule has 2 heterocycles. The topological polar surface area (TPSA) is 60.4 Å². The summed E-state index contributed by atoms with van der Waals surface area (Å²) in [6.07, 6.45) is 1.93. The van der Waals surface area contributed by atoms with Gasteiger partial charge >= 0.3 is 5.97 Å². The number of ether oxygens (including phenoxy) is 3. The molecule has 172 valence electrons. The molecule has 6 nitrogen and oxygen atoms in total. The zero-order valence-corrected chi connectivity index (χ0v) is 22.3. The van der Waals surface area contributed by atoms with Crippen molar-refractivity contribution in [2.45, 2.75) is 26.5 Å². The summed E-state index contributed by atoms with van der Waals surface area (Å²) >= 11 is 8.66. The van der Waals surface area contributed by atoms with Crippen LogP contribution in [0.3, 0.4) is 0 Å². The second kappa shape index (κ2) is 10.4. The first-order valence-corrected chi connectivity index (χ1v) is 12.7. The van der Waals surface area contributed by atoms with Crippen LogP contribution >= 0.6 is 43.6 Å². The van der Waals surface area contributed by atoms with Crippen LogP contribution in [0.2, 0.25) is 0 Å². The summed E-state index contributed by atoms with van der Waals surface area (Å²) in [5.41, 5.74) is 3.03. The summed E-state index contributed by atoms with van der Waals surface area (Å²) < 4.78 is 18.9. The maximum absolute atomic E-state index is 12.9. The minimum Gasteiger partial charge on any atom is -0.493 e. The molecule has 33 heavy (non-hydrogen) atoms. The van der Waals surface area contributed by atoms with Crippen LogP contribution in [0.4, 0.5) is 0 Å². The van der Waals surface area contributed by atoms with Crippen LogP contribution in [0.1, 0.15) is 31.0 Å². The third-order valence-electron chi connectivity index (χ3n) is 5.20. The first kappa shape index (κ1) is 23.9. The Morgan fingerprint density at radius 2 is 1.94 bits per heavy atom. The molecule has 0 N–H and O–H groups in total. The van der Waals surface area contributed by atoms with Crippen molar-refractivity contribution in [3.8, 4) is 11.5 Å². The standard InChI is InChI=1S/C24H22Br2N2O4S/c1-4-31-23(29)21-14(2)27-24-28(9-10-33-24)22(21)17-11-19(30-3)20(12-18(17)26)32-13-15-5-7-16(25)8-6-15/h5-12,22H,4,13H2,1-3H3/t22-/m1/s1. The highest BCUT2D eigenvalue weighted by molar-refractivity contribution is 9.10. The van der Waals surface area contributed by atoms with Gasteiger partial charge in [-0.05, 0) is 54.6 Å². The minimum atomic E-state index is -0.411. The van der Waals surface area contributed by atoms with E-state index < -0.39 is 6.04 Å². The number of rotatable bonds is 7. The van der Waals surface area contributed by atoms with Gasteiger partial charge in [-0.3, -0.25) is 0 Å². The minimum absolute atomic E-state index is 0.289. The van der Waals surface area contributed by atoms with Gasteiger partial charge in [-0.2, -0.15) is 0 Å². The monoisotopic (exact) mass is 592 g/mol. The van der Waals surface area contributed by atoms with E-state index in [9.17, 15) is 4.79 Å². The predicted molar refractivity (Wildman–Crippen MR) is 137 cm³/mol. The van der Waals surface area contributed by atoms with Gasteiger partial charge in [0.1, 0.15) is 6.61 Å². The Morgan fingerprint density at radius 3 is 2.64 bits per heavy atom. The zero-order chi connectivity index (χ0) is 23.5. The Labute approximate surface area is 213 Å². The van der Waals surface area contributed by atoms with E-state index in [0.717, 1.165) is 25.2 Å². The van der Waals surface area contributed by atoms with E-state index in [1.54, 1.807) is 14.0 Å². The Morgan fingerprint density at radius 1 is 1.18 bits per heavy atom. The average molecular weight is 594 g/mol. The molecule has 0 spiro atoms. The van der Waals surface area contributed by atoms with Gasteiger partial charge in [-0.1, -0.05) is 55.8 Å². The van der Waals surface area contributed by atoms with E-state index in [1.807, 2.05) is 59.8 Å². The normalized spacial score (nSPS) is 17.1.